The van der Waals surface area contributed by atoms with Crippen molar-refractivity contribution in [3.63, 3.8) is 0 Å². The fourth-order valence-corrected chi connectivity index (χ4v) is 3.46. The van der Waals surface area contributed by atoms with Crippen LogP contribution in [0, 0.1) is 10.1 Å². The number of nitro groups is 1. The maximum atomic E-state index is 13.2. The highest BCUT2D eigenvalue weighted by Crippen LogP contribution is 2.20. The number of rotatable bonds is 10. The number of H-pyrrole nitrogens is 1. The number of benzene rings is 2. The molecular weight excluding hydrogens is 454 g/mol. The van der Waals surface area contributed by atoms with Gasteiger partial charge in [-0.2, -0.15) is 0 Å². The lowest BCUT2D eigenvalue weighted by molar-refractivity contribution is -0.384. The highest BCUT2D eigenvalue weighted by Gasteiger charge is 2.23. The Morgan fingerprint density at radius 2 is 1.94 bits per heavy atom. The van der Waals surface area contributed by atoms with Crippen LogP contribution in [-0.2, 0) is 16.1 Å². The molecule has 1 aromatic heterocycles. The number of hydrogen-bond donors (Lipinski definition) is 2. The second-order valence-electron chi connectivity index (χ2n) is 7.59. The summed E-state index contributed by atoms with van der Waals surface area (Å²) in [6, 6.07) is 14.8. The van der Waals surface area contributed by atoms with Crippen LogP contribution < -0.4 is 21.9 Å². The Bertz CT molecular complexity index is 1350. The molecule has 0 radical (unpaired) electrons. The van der Waals surface area contributed by atoms with E-state index in [-0.39, 0.29) is 30.3 Å². The summed E-state index contributed by atoms with van der Waals surface area (Å²) in [6.45, 7) is 0.502. The van der Waals surface area contributed by atoms with Crippen LogP contribution in [0.25, 0.3) is 6.08 Å². The number of carbonyl (C=O) groups is 1. The zero-order chi connectivity index (χ0) is 25.4. The van der Waals surface area contributed by atoms with Crippen molar-refractivity contribution in [3.8, 4) is 0 Å². The van der Waals surface area contributed by atoms with Crippen molar-refractivity contribution in [1.29, 1.82) is 0 Å². The number of carbonyl (C=O) groups excluding carboxylic acids is 1. The standard InChI is InChI=1S/C24H25N5O6/c1-35-14-6-13-27(20(30)12-11-17-9-5-10-19(15-17)29(33)34)21-22(25)28(24(32)26-23(21)31)16-18-7-3-2-4-8-18/h2-5,7-12,15H,6,13-14,16,25H2,1H3,(H,26,31,32)/b12-11+. The number of aromatic nitrogens is 2. The molecule has 182 valence electrons. The highest BCUT2D eigenvalue weighted by molar-refractivity contribution is 6.05. The van der Waals surface area contributed by atoms with E-state index in [0.717, 1.165) is 5.56 Å². The predicted octanol–water partition coefficient (Wildman–Crippen LogP) is 2.16. The van der Waals surface area contributed by atoms with Gasteiger partial charge in [0.05, 0.1) is 11.5 Å². The summed E-state index contributed by atoms with van der Waals surface area (Å²) < 4.78 is 6.25. The van der Waals surface area contributed by atoms with Crippen LogP contribution in [-0.4, -0.2) is 40.6 Å². The minimum absolute atomic E-state index is 0.0861. The van der Waals surface area contributed by atoms with E-state index in [2.05, 4.69) is 4.98 Å². The maximum Gasteiger partial charge on any atom is 0.330 e. The van der Waals surface area contributed by atoms with Crippen molar-refractivity contribution >= 4 is 29.2 Å². The smallest absolute Gasteiger partial charge is 0.330 e. The van der Waals surface area contributed by atoms with E-state index >= 15 is 0 Å². The summed E-state index contributed by atoms with van der Waals surface area (Å²) in [4.78, 5) is 52.3. The first kappa shape index (κ1) is 25.1. The van der Waals surface area contributed by atoms with Crippen molar-refractivity contribution in [3.05, 3.63) is 103 Å². The third kappa shape index (κ3) is 6.30. The van der Waals surface area contributed by atoms with Crippen LogP contribution in [0.4, 0.5) is 17.2 Å². The molecule has 35 heavy (non-hydrogen) atoms. The van der Waals surface area contributed by atoms with Gasteiger partial charge in [-0.3, -0.25) is 29.3 Å². The first-order chi connectivity index (χ1) is 16.8. The monoisotopic (exact) mass is 479 g/mol. The number of anilines is 2. The summed E-state index contributed by atoms with van der Waals surface area (Å²) in [5.41, 5.74) is 5.69. The molecule has 2 aromatic carbocycles. The summed E-state index contributed by atoms with van der Waals surface area (Å²) in [5, 5.41) is 11.0. The molecule has 0 atom stereocenters. The summed E-state index contributed by atoms with van der Waals surface area (Å²) in [6.07, 6.45) is 2.99. The molecule has 0 aliphatic heterocycles. The van der Waals surface area contributed by atoms with E-state index in [1.54, 1.807) is 18.2 Å². The number of ether oxygens (including phenoxy) is 1. The van der Waals surface area contributed by atoms with Gasteiger partial charge >= 0.3 is 5.69 Å². The van der Waals surface area contributed by atoms with Gasteiger partial charge in [-0.25, -0.2) is 4.79 Å². The molecule has 0 fully saturated rings. The molecule has 1 amide bonds. The van der Waals surface area contributed by atoms with E-state index in [1.807, 2.05) is 18.2 Å². The largest absolute Gasteiger partial charge is 0.385 e. The average molecular weight is 479 g/mol. The van der Waals surface area contributed by atoms with Gasteiger partial charge in [-0.1, -0.05) is 42.5 Å². The number of nitro benzene ring substituents is 1. The molecule has 0 saturated heterocycles. The van der Waals surface area contributed by atoms with Crippen molar-refractivity contribution < 1.29 is 14.5 Å². The molecule has 11 nitrogen and oxygen atoms in total. The lowest BCUT2D eigenvalue weighted by Gasteiger charge is -2.23. The van der Waals surface area contributed by atoms with Gasteiger partial charge in [-0.05, 0) is 23.6 Å². The van der Waals surface area contributed by atoms with Gasteiger partial charge in [0.15, 0.2) is 5.69 Å². The number of amides is 1. The summed E-state index contributed by atoms with van der Waals surface area (Å²) in [5.74, 6) is -0.744. The number of nitrogens with zero attached hydrogens (tertiary/aromatic N) is 3. The van der Waals surface area contributed by atoms with Crippen LogP contribution in [0.2, 0.25) is 0 Å². The van der Waals surface area contributed by atoms with Gasteiger partial charge in [0.1, 0.15) is 5.82 Å². The number of non-ortho nitro benzene ring substituents is 1. The van der Waals surface area contributed by atoms with E-state index in [4.69, 9.17) is 10.5 Å². The molecule has 3 aromatic rings. The first-order valence-electron chi connectivity index (χ1n) is 10.7. The second-order valence-corrected chi connectivity index (χ2v) is 7.59. The molecular formula is C24H25N5O6. The number of nitrogens with two attached hydrogens (primary N) is 1. The molecule has 11 heteroatoms. The number of aromatic amines is 1. The molecule has 0 bridgehead atoms. The van der Waals surface area contributed by atoms with Gasteiger partial charge < -0.3 is 15.4 Å². The molecule has 0 unspecified atom stereocenters. The first-order valence-corrected chi connectivity index (χ1v) is 10.7. The van der Waals surface area contributed by atoms with Gasteiger partial charge in [0, 0.05) is 38.5 Å². The average Bonchev–Trinajstić information content (AvgIpc) is 2.85. The zero-order valence-electron chi connectivity index (χ0n) is 19.0. The van der Waals surface area contributed by atoms with Crippen LogP contribution in [0.1, 0.15) is 17.5 Å². The molecule has 0 aliphatic rings. The van der Waals surface area contributed by atoms with E-state index in [1.165, 1.54) is 46.9 Å². The topological polar surface area (TPSA) is 154 Å². The van der Waals surface area contributed by atoms with E-state index in [9.17, 15) is 24.5 Å². The minimum Gasteiger partial charge on any atom is -0.385 e. The second kappa shape index (κ2) is 11.6. The number of methoxy groups -OCH3 is 1. The number of nitrogens with one attached hydrogen (secondary N) is 1. The zero-order valence-corrected chi connectivity index (χ0v) is 19.0. The number of nitrogen functional groups attached to an aromatic ring is 1. The molecule has 0 aliphatic carbocycles. The van der Waals surface area contributed by atoms with Crippen molar-refractivity contribution in [1.82, 2.24) is 9.55 Å². The van der Waals surface area contributed by atoms with Gasteiger partial charge in [-0.15, -0.1) is 0 Å². The third-order valence-corrected chi connectivity index (χ3v) is 5.16. The van der Waals surface area contributed by atoms with Crippen molar-refractivity contribution in [2.24, 2.45) is 0 Å². The van der Waals surface area contributed by atoms with E-state index < -0.39 is 22.1 Å². The lowest BCUT2D eigenvalue weighted by atomic mass is 10.2. The van der Waals surface area contributed by atoms with Gasteiger partial charge in [0.2, 0.25) is 0 Å². The quantitative estimate of drug-likeness (QED) is 0.195. The van der Waals surface area contributed by atoms with Crippen molar-refractivity contribution in [2.45, 2.75) is 13.0 Å². The summed E-state index contributed by atoms with van der Waals surface area (Å²) >= 11 is 0. The normalized spacial score (nSPS) is 11.0. The van der Waals surface area contributed by atoms with E-state index in [0.29, 0.717) is 18.6 Å². The Hall–Kier alpha value is -4.51. The Balaban J connectivity index is 2.00. The highest BCUT2D eigenvalue weighted by atomic mass is 16.6. The van der Waals surface area contributed by atoms with Crippen LogP contribution in [0.3, 0.4) is 0 Å². The Labute approximate surface area is 200 Å². The Morgan fingerprint density at radius 1 is 1.20 bits per heavy atom. The van der Waals surface area contributed by atoms with Crippen LogP contribution in [0.15, 0.2) is 70.3 Å². The predicted molar refractivity (Wildman–Crippen MR) is 132 cm³/mol. The molecule has 3 rings (SSSR count). The molecule has 0 spiro atoms. The maximum absolute atomic E-state index is 13.2. The van der Waals surface area contributed by atoms with Crippen LogP contribution >= 0.6 is 0 Å². The molecule has 3 N–H and O–H groups in total. The third-order valence-electron chi connectivity index (χ3n) is 5.16. The lowest BCUT2D eigenvalue weighted by Crippen LogP contribution is -2.41. The SMILES string of the molecule is COCCCN(C(=O)/C=C/c1cccc([N+](=O)[O-])c1)c1c(N)n(Cc2ccccc2)c(=O)[nH]c1=O. The van der Waals surface area contributed by atoms with Gasteiger partial charge in [0.25, 0.3) is 17.2 Å². The Morgan fingerprint density at radius 3 is 2.63 bits per heavy atom. The Kier molecular flexibility index (Phi) is 8.30. The van der Waals surface area contributed by atoms with Crippen LogP contribution in [0.5, 0.6) is 0 Å². The fraction of sp³-hybridized carbons (Fsp3) is 0.208. The molecule has 1 heterocycles. The molecule has 0 saturated carbocycles. The summed E-state index contributed by atoms with van der Waals surface area (Å²) in [7, 11) is 1.51. The number of hydrogen-bond acceptors (Lipinski definition) is 7. The fourth-order valence-electron chi connectivity index (χ4n) is 3.46. The van der Waals surface area contributed by atoms with Crippen molar-refractivity contribution in [2.75, 3.05) is 30.9 Å². The minimum atomic E-state index is -0.800.